The van der Waals surface area contributed by atoms with Crippen LogP contribution >= 0.6 is 0 Å². The summed E-state index contributed by atoms with van der Waals surface area (Å²) >= 11 is 0. The SMILES string of the molecule is CCCN=C(N)[C@H](OCC)c1ccccc1. The van der Waals surface area contributed by atoms with Gasteiger partial charge in [-0.1, -0.05) is 37.3 Å². The van der Waals surface area contributed by atoms with E-state index < -0.39 is 0 Å². The molecule has 88 valence electrons. The molecule has 3 heteroatoms. The summed E-state index contributed by atoms with van der Waals surface area (Å²) in [6.07, 6.45) is 0.784. The van der Waals surface area contributed by atoms with Gasteiger partial charge in [-0.05, 0) is 18.9 Å². The summed E-state index contributed by atoms with van der Waals surface area (Å²) < 4.78 is 5.63. The molecule has 0 fully saturated rings. The molecule has 1 aromatic carbocycles. The van der Waals surface area contributed by atoms with Gasteiger partial charge in [0.05, 0.1) is 0 Å². The minimum atomic E-state index is -0.210. The largest absolute Gasteiger partial charge is 0.385 e. The van der Waals surface area contributed by atoms with Gasteiger partial charge in [0, 0.05) is 13.2 Å². The van der Waals surface area contributed by atoms with Gasteiger partial charge in [0.2, 0.25) is 0 Å². The molecule has 0 aliphatic rings. The Hall–Kier alpha value is -1.35. The molecule has 0 heterocycles. The van der Waals surface area contributed by atoms with E-state index in [0.717, 1.165) is 18.5 Å². The fourth-order valence-electron chi connectivity index (χ4n) is 1.47. The van der Waals surface area contributed by atoms with Crippen molar-refractivity contribution in [3.8, 4) is 0 Å². The third kappa shape index (κ3) is 3.66. The number of hydrogen-bond donors (Lipinski definition) is 1. The first-order chi connectivity index (χ1) is 7.79. The van der Waals surface area contributed by atoms with Gasteiger partial charge in [-0.2, -0.15) is 0 Å². The van der Waals surface area contributed by atoms with Crippen LogP contribution in [0.15, 0.2) is 35.3 Å². The van der Waals surface area contributed by atoms with Gasteiger partial charge < -0.3 is 10.5 Å². The number of hydrogen-bond acceptors (Lipinski definition) is 2. The predicted molar refractivity (Wildman–Crippen MR) is 67.6 cm³/mol. The Bertz CT molecular complexity index is 322. The van der Waals surface area contributed by atoms with Crippen molar-refractivity contribution in [2.75, 3.05) is 13.2 Å². The van der Waals surface area contributed by atoms with Crippen LogP contribution in [-0.4, -0.2) is 19.0 Å². The van der Waals surface area contributed by atoms with E-state index in [1.807, 2.05) is 37.3 Å². The molecule has 1 rings (SSSR count). The van der Waals surface area contributed by atoms with E-state index in [0.29, 0.717) is 12.4 Å². The molecular formula is C13H20N2O. The molecule has 1 atom stereocenters. The van der Waals surface area contributed by atoms with Crippen LogP contribution in [0.5, 0.6) is 0 Å². The van der Waals surface area contributed by atoms with Crippen LogP contribution in [0.25, 0.3) is 0 Å². The summed E-state index contributed by atoms with van der Waals surface area (Å²) in [6, 6.07) is 9.96. The lowest BCUT2D eigenvalue weighted by Crippen LogP contribution is -2.24. The summed E-state index contributed by atoms with van der Waals surface area (Å²) in [6.45, 7) is 5.42. The molecule has 1 aromatic rings. The number of aliphatic imine (C=N–C) groups is 1. The Morgan fingerprint density at radius 1 is 1.31 bits per heavy atom. The first-order valence-electron chi connectivity index (χ1n) is 5.76. The van der Waals surface area contributed by atoms with Crippen molar-refractivity contribution in [3.05, 3.63) is 35.9 Å². The summed E-state index contributed by atoms with van der Waals surface area (Å²) in [5.74, 6) is 0.565. The number of nitrogens with zero attached hydrogens (tertiary/aromatic N) is 1. The highest BCUT2D eigenvalue weighted by Gasteiger charge is 2.14. The molecule has 0 aliphatic carbocycles. The molecule has 3 nitrogen and oxygen atoms in total. The number of benzene rings is 1. The molecule has 0 aromatic heterocycles. The highest BCUT2D eigenvalue weighted by molar-refractivity contribution is 5.86. The highest BCUT2D eigenvalue weighted by atomic mass is 16.5. The first kappa shape index (κ1) is 12.7. The van der Waals surface area contributed by atoms with Gasteiger partial charge in [0.1, 0.15) is 11.9 Å². The zero-order valence-electron chi connectivity index (χ0n) is 10.0. The molecule has 0 amide bonds. The maximum Gasteiger partial charge on any atom is 0.139 e. The van der Waals surface area contributed by atoms with Gasteiger partial charge in [-0.3, -0.25) is 4.99 Å². The fourth-order valence-corrected chi connectivity index (χ4v) is 1.47. The summed E-state index contributed by atoms with van der Waals surface area (Å²) in [5, 5.41) is 0. The number of nitrogens with two attached hydrogens (primary N) is 1. The van der Waals surface area contributed by atoms with E-state index in [9.17, 15) is 0 Å². The van der Waals surface area contributed by atoms with Gasteiger partial charge in [0.25, 0.3) is 0 Å². The lowest BCUT2D eigenvalue weighted by atomic mass is 10.1. The molecule has 0 aliphatic heterocycles. The smallest absolute Gasteiger partial charge is 0.139 e. The molecule has 0 saturated carbocycles. The first-order valence-corrected chi connectivity index (χ1v) is 5.76. The van der Waals surface area contributed by atoms with Crippen LogP contribution in [0, 0.1) is 0 Å². The minimum absolute atomic E-state index is 0.210. The van der Waals surface area contributed by atoms with Gasteiger partial charge in [-0.15, -0.1) is 0 Å². The second-order valence-electron chi connectivity index (χ2n) is 3.55. The van der Waals surface area contributed by atoms with Crippen molar-refractivity contribution < 1.29 is 4.74 Å². The lowest BCUT2D eigenvalue weighted by molar-refractivity contribution is 0.109. The van der Waals surface area contributed by atoms with Crippen LogP contribution in [0.1, 0.15) is 31.9 Å². The maximum absolute atomic E-state index is 5.95. The second-order valence-corrected chi connectivity index (χ2v) is 3.55. The van der Waals surface area contributed by atoms with Crippen molar-refractivity contribution in [2.24, 2.45) is 10.7 Å². The van der Waals surface area contributed by atoms with Crippen molar-refractivity contribution >= 4 is 5.84 Å². The average Bonchev–Trinajstić information content (AvgIpc) is 2.34. The minimum Gasteiger partial charge on any atom is -0.385 e. The molecule has 0 unspecified atom stereocenters. The van der Waals surface area contributed by atoms with Crippen LogP contribution in [0.2, 0.25) is 0 Å². The van der Waals surface area contributed by atoms with E-state index >= 15 is 0 Å². The molecule has 0 spiro atoms. The quantitative estimate of drug-likeness (QED) is 0.591. The average molecular weight is 220 g/mol. The summed E-state index contributed by atoms with van der Waals surface area (Å²) in [7, 11) is 0. The van der Waals surface area contributed by atoms with Gasteiger partial charge in [-0.25, -0.2) is 0 Å². The zero-order valence-corrected chi connectivity index (χ0v) is 10.0. The third-order valence-electron chi connectivity index (χ3n) is 2.22. The Kier molecular flexibility index (Phi) is 5.57. The van der Waals surface area contributed by atoms with E-state index in [4.69, 9.17) is 10.5 Å². The van der Waals surface area contributed by atoms with Crippen LogP contribution in [-0.2, 0) is 4.74 Å². The van der Waals surface area contributed by atoms with Gasteiger partial charge in [0.15, 0.2) is 0 Å². The van der Waals surface area contributed by atoms with Crippen molar-refractivity contribution in [2.45, 2.75) is 26.4 Å². The maximum atomic E-state index is 5.95. The van der Waals surface area contributed by atoms with Gasteiger partial charge >= 0.3 is 0 Å². The van der Waals surface area contributed by atoms with Crippen molar-refractivity contribution in [1.29, 1.82) is 0 Å². The lowest BCUT2D eigenvalue weighted by Gasteiger charge is -2.16. The number of ether oxygens (including phenoxy) is 1. The van der Waals surface area contributed by atoms with E-state index in [-0.39, 0.29) is 6.10 Å². The summed E-state index contributed by atoms with van der Waals surface area (Å²) in [5.41, 5.74) is 7.00. The van der Waals surface area contributed by atoms with Crippen molar-refractivity contribution in [1.82, 2.24) is 0 Å². The molecular weight excluding hydrogens is 200 g/mol. The monoisotopic (exact) mass is 220 g/mol. The number of rotatable bonds is 6. The number of amidine groups is 1. The predicted octanol–water partition coefficient (Wildman–Crippen LogP) is 2.53. The zero-order chi connectivity index (χ0) is 11.8. The van der Waals surface area contributed by atoms with Crippen LogP contribution in [0.4, 0.5) is 0 Å². The normalized spacial score (nSPS) is 13.8. The molecule has 0 saturated heterocycles. The van der Waals surface area contributed by atoms with E-state index in [1.165, 1.54) is 0 Å². The Labute approximate surface area is 97.3 Å². The highest BCUT2D eigenvalue weighted by Crippen LogP contribution is 2.17. The second kappa shape index (κ2) is 7.01. The standard InChI is InChI=1S/C13H20N2O/c1-3-10-15-13(14)12(16-4-2)11-8-6-5-7-9-11/h5-9,12H,3-4,10H2,1-2H3,(H2,14,15)/t12-/m1/s1. The third-order valence-corrected chi connectivity index (χ3v) is 2.22. The van der Waals surface area contributed by atoms with Crippen LogP contribution < -0.4 is 5.73 Å². The fraction of sp³-hybridized carbons (Fsp3) is 0.462. The van der Waals surface area contributed by atoms with Crippen LogP contribution in [0.3, 0.4) is 0 Å². The molecule has 16 heavy (non-hydrogen) atoms. The topological polar surface area (TPSA) is 47.6 Å². The molecule has 0 bridgehead atoms. The van der Waals surface area contributed by atoms with E-state index in [2.05, 4.69) is 11.9 Å². The Morgan fingerprint density at radius 2 is 2.00 bits per heavy atom. The van der Waals surface area contributed by atoms with E-state index in [1.54, 1.807) is 0 Å². The molecule has 0 radical (unpaired) electrons. The Morgan fingerprint density at radius 3 is 2.56 bits per heavy atom. The van der Waals surface area contributed by atoms with Crippen molar-refractivity contribution in [3.63, 3.8) is 0 Å². The Balaban J connectivity index is 2.82. The summed E-state index contributed by atoms with van der Waals surface area (Å²) in [4.78, 5) is 4.31. The molecule has 2 N–H and O–H groups in total.